The average Bonchev–Trinajstić information content (AvgIpc) is 2.43. The van der Waals surface area contributed by atoms with E-state index in [-0.39, 0.29) is 5.56 Å². The van der Waals surface area contributed by atoms with E-state index in [0.29, 0.717) is 32.5 Å². The van der Waals surface area contributed by atoms with Crippen LogP contribution in [0.2, 0.25) is 0 Å². The van der Waals surface area contributed by atoms with Crippen LogP contribution in [0.25, 0.3) is 0 Å². The standard InChI is InChI=1S/C14H11BrF2N2OS/c15-8-5-6-10(18)9(7-8)13(20)19-11-3-1-2-4-12(11)21-14(16)17/h1-7,14H,18H2,(H,19,20). The van der Waals surface area contributed by atoms with Gasteiger partial charge in [-0.2, -0.15) is 8.78 Å². The van der Waals surface area contributed by atoms with Gasteiger partial charge in [-0.25, -0.2) is 0 Å². The first-order valence-electron chi connectivity index (χ1n) is 5.87. The molecule has 0 aliphatic heterocycles. The number of carbonyl (C=O) groups excluding carboxylic acids is 1. The Bertz CT molecular complexity index is 667. The molecule has 0 aliphatic carbocycles. The second-order valence-corrected chi connectivity index (χ2v) is 6.01. The van der Waals surface area contributed by atoms with E-state index in [1.54, 1.807) is 36.4 Å². The molecule has 3 N–H and O–H groups in total. The summed E-state index contributed by atoms with van der Waals surface area (Å²) in [6, 6.07) is 11.3. The summed E-state index contributed by atoms with van der Waals surface area (Å²) in [4.78, 5) is 12.5. The second kappa shape index (κ2) is 6.91. The zero-order valence-electron chi connectivity index (χ0n) is 10.6. The first-order valence-corrected chi connectivity index (χ1v) is 7.55. The Hall–Kier alpha value is -1.60. The van der Waals surface area contributed by atoms with Crippen molar-refractivity contribution in [2.75, 3.05) is 11.1 Å². The van der Waals surface area contributed by atoms with Crippen LogP contribution >= 0.6 is 27.7 Å². The van der Waals surface area contributed by atoms with Gasteiger partial charge in [0.2, 0.25) is 0 Å². The van der Waals surface area contributed by atoms with Crippen LogP contribution in [0, 0.1) is 0 Å². The third-order valence-electron chi connectivity index (χ3n) is 2.61. The molecule has 0 saturated carbocycles. The normalized spacial score (nSPS) is 10.7. The van der Waals surface area contributed by atoms with Gasteiger partial charge in [0, 0.05) is 15.1 Å². The number of nitrogen functional groups attached to an aromatic ring is 1. The Morgan fingerprint density at radius 3 is 2.67 bits per heavy atom. The average molecular weight is 373 g/mol. The molecular formula is C14H11BrF2N2OS. The minimum atomic E-state index is -2.56. The fourth-order valence-electron chi connectivity index (χ4n) is 1.68. The summed E-state index contributed by atoms with van der Waals surface area (Å²) in [5.41, 5.74) is 6.68. The van der Waals surface area contributed by atoms with Crippen molar-refractivity contribution in [2.45, 2.75) is 10.7 Å². The van der Waals surface area contributed by atoms with E-state index in [1.807, 2.05) is 0 Å². The number of carbonyl (C=O) groups is 1. The number of nitrogens with two attached hydrogens (primary N) is 1. The number of rotatable bonds is 4. The number of halogens is 3. The van der Waals surface area contributed by atoms with Crippen LogP contribution in [-0.2, 0) is 0 Å². The fraction of sp³-hybridized carbons (Fsp3) is 0.0714. The lowest BCUT2D eigenvalue weighted by molar-refractivity contribution is 0.102. The van der Waals surface area contributed by atoms with E-state index in [0.717, 1.165) is 0 Å². The SMILES string of the molecule is Nc1ccc(Br)cc1C(=O)Nc1ccccc1SC(F)F. The molecule has 0 aliphatic rings. The molecule has 0 heterocycles. The summed E-state index contributed by atoms with van der Waals surface area (Å²) in [6.07, 6.45) is 0. The number of thioether (sulfide) groups is 1. The van der Waals surface area contributed by atoms with E-state index < -0.39 is 11.7 Å². The molecule has 0 saturated heterocycles. The van der Waals surface area contributed by atoms with Gasteiger partial charge < -0.3 is 11.1 Å². The molecule has 0 spiro atoms. The van der Waals surface area contributed by atoms with Crippen molar-refractivity contribution >= 4 is 45.0 Å². The van der Waals surface area contributed by atoms with Crippen molar-refractivity contribution in [1.29, 1.82) is 0 Å². The van der Waals surface area contributed by atoms with Crippen molar-refractivity contribution in [3.8, 4) is 0 Å². The lowest BCUT2D eigenvalue weighted by atomic mass is 10.1. The summed E-state index contributed by atoms with van der Waals surface area (Å²) in [6.45, 7) is 0. The third kappa shape index (κ3) is 4.18. The van der Waals surface area contributed by atoms with E-state index in [1.165, 1.54) is 6.07 Å². The molecule has 0 radical (unpaired) electrons. The van der Waals surface area contributed by atoms with Gasteiger partial charge in [0.15, 0.2) is 0 Å². The zero-order chi connectivity index (χ0) is 15.4. The monoisotopic (exact) mass is 372 g/mol. The number of nitrogens with one attached hydrogen (secondary N) is 1. The highest BCUT2D eigenvalue weighted by Gasteiger charge is 2.14. The van der Waals surface area contributed by atoms with Crippen LogP contribution in [0.15, 0.2) is 51.8 Å². The Morgan fingerprint density at radius 1 is 1.24 bits per heavy atom. The minimum absolute atomic E-state index is 0.279. The topological polar surface area (TPSA) is 55.1 Å². The number of hydrogen-bond donors (Lipinski definition) is 2. The summed E-state index contributed by atoms with van der Waals surface area (Å²) in [7, 11) is 0. The van der Waals surface area contributed by atoms with Crippen molar-refractivity contribution in [2.24, 2.45) is 0 Å². The molecule has 0 unspecified atom stereocenters. The van der Waals surface area contributed by atoms with E-state index in [4.69, 9.17) is 5.73 Å². The minimum Gasteiger partial charge on any atom is -0.398 e. The number of amides is 1. The van der Waals surface area contributed by atoms with Crippen molar-refractivity contribution in [3.63, 3.8) is 0 Å². The molecule has 2 aromatic rings. The van der Waals surface area contributed by atoms with Gasteiger partial charge in [0.25, 0.3) is 11.7 Å². The van der Waals surface area contributed by atoms with Gasteiger partial charge in [-0.05, 0) is 30.3 Å². The molecule has 0 atom stereocenters. The van der Waals surface area contributed by atoms with Crippen molar-refractivity contribution in [3.05, 3.63) is 52.5 Å². The lowest BCUT2D eigenvalue weighted by Crippen LogP contribution is -2.14. The molecule has 2 rings (SSSR count). The van der Waals surface area contributed by atoms with Crippen LogP contribution in [0.4, 0.5) is 20.2 Å². The molecule has 0 bridgehead atoms. The number of para-hydroxylation sites is 1. The van der Waals surface area contributed by atoms with Crippen LogP contribution < -0.4 is 11.1 Å². The fourth-order valence-corrected chi connectivity index (χ4v) is 2.64. The molecule has 1 amide bonds. The molecule has 21 heavy (non-hydrogen) atoms. The molecule has 2 aromatic carbocycles. The Labute approximate surface area is 133 Å². The lowest BCUT2D eigenvalue weighted by Gasteiger charge is -2.11. The maximum absolute atomic E-state index is 12.5. The Balaban J connectivity index is 2.25. The quantitative estimate of drug-likeness (QED) is 0.609. The van der Waals surface area contributed by atoms with Crippen LogP contribution in [0.5, 0.6) is 0 Å². The van der Waals surface area contributed by atoms with Crippen molar-refractivity contribution in [1.82, 2.24) is 0 Å². The molecule has 0 fully saturated rings. The molecule has 7 heteroatoms. The van der Waals surface area contributed by atoms with Crippen molar-refractivity contribution < 1.29 is 13.6 Å². The Kier molecular flexibility index (Phi) is 5.19. The predicted octanol–water partition coefficient (Wildman–Crippen LogP) is 4.60. The van der Waals surface area contributed by atoms with E-state index >= 15 is 0 Å². The van der Waals surface area contributed by atoms with Gasteiger partial charge >= 0.3 is 0 Å². The highest BCUT2D eigenvalue weighted by Crippen LogP contribution is 2.32. The number of hydrogen-bond acceptors (Lipinski definition) is 3. The van der Waals surface area contributed by atoms with Crippen LogP contribution in [0.3, 0.4) is 0 Å². The summed E-state index contributed by atoms with van der Waals surface area (Å²) in [5.74, 6) is -3.00. The van der Waals surface area contributed by atoms with Gasteiger partial charge in [0.1, 0.15) is 0 Å². The first-order chi connectivity index (χ1) is 9.97. The van der Waals surface area contributed by atoms with Crippen LogP contribution in [-0.4, -0.2) is 11.7 Å². The Morgan fingerprint density at radius 2 is 1.95 bits per heavy atom. The summed E-state index contributed by atoms with van der Waals surface area (Å²) >= 11 is 3.64. The summed E-state index contributed by atoms with van der Waals surface area (Å²) in [5, 5.41) is 2.61. The highest BCUT2D eigenvalue weighted by molar-refractivity contribution is 9.10. The largest absolute Gasteiger partial charge is 0.398 e. The highest BCUT2D eigenvalue weighted by atomic mass is 79.9. The van der Waals surface area contributed by atoms with Gasteiger partial charge in [-0.3, -0.25) is 4.79 Å². The van der Waals surface area contributed by atoms with Gasteiger partial charge in [-0.15, -0.1) is 0 Å². The third-order valence-corrected chi connectivity index (χ3v) is 3.89. The summed E-state index contributed by atoms with van der Waals surface area (Å²) < 4.78 is 25.7. The van der Waals surface area contributed by atoms with Gasteiger partial charge in [-0.1, -0.05) is 39.8 Å². The zero-order valence-corrected chi connectivity index (χ0v) is 13.0. The maximum atomic E-state index is 12.5. The first kappa shape index (κ1) is 15.8. The predicted molar refractivity (Wildman–Crippen MR) is 84.8 cm³/mol. The smallest absolute Gasteiger partial charge is 0.288 e. The van der Waals surface area contributed by atoms with Crippen LogP contribution in [0.1, 0.15) is 10.4 Å². The number of benzene rings is 2. The molecule has 0 aromatic heterocycles. The van der Waals surface area contributed by atoms with E-state index in [2.05, 4.69) is 21.2 Å². The number of alkyl halides is 2. The molecule has 3 nitrogen and oxygen atoms in total. The molecular weight excluding hydrogens is 362 g/mol. The number of anilines is 2. The second-order valence-electron chi connectivity index (χ2n) is 4.06. The van der Waals surface area contributed by atoms with E-state index in [9.17, 15) is 13.6 Å². The van der Waals surface area contributed by atoms with Gasteiger partial charge in [0.05, 0.1) is 11.3 Å². The molecule has 110 valence electrons. The maximum Gasteiger partial charge on any atom is 0.288 e.